The Hall–Kier alpha value is 0.242. The molecule has 0 amide bonds. The van der Waals surface area contributed by atoms with Gasteiger partial charge in [-0.3, -0.25) is 0 Å². The number of ether oxygens (including phenoxy) is 4. The maximum atomic E-state index is 10.9. The third-order valence-corrected chi connectivity index (χ3v) is 8.65. The van der Waals surface area contributed by atoms with Crippen LogP contribution in [0.5, 0.6) is 0 Å². The molecule has 3 rings (SSSR count). The monoisotopic (exact) mass is 562 g/mol. The molecule has 0 spiro atoms. The molecular weight excluding hydrogens is 526 g/mol. The lowest BCUT2D eigenvalue weighted by atomic mass is 9.79. The Balaban J connectivity index is 1.63. The fourth-order valence-electron chi connectivity index (χ4n) is 4.41. The largest absolute Gasteiger partial charge is 0.527 e. The number of rotatable bonds is 8. The van der Waals surface area contributed by atoms with Crippen molar-refractivity contribution in [1.29, 1.82) is 0 Å². The Morgan fingerprint density at radius 2 is 1.65 bits per heavy atom. The number of hydrogen-bond donors (Lipinski definition) is 1. The first-order valence-electron chi connectivity index (χ1n) is 11.3. The van der Waals surface area contributed by atoms with Gasteiger partial charge in [0.05, 0.1) is 31.5 Å². The van der Waals surface area contributed by atoms with E-state index in [0.29, 0.717) is 25.0 Å². The van der Waals surface area contributed by atoms with E-state index in [4.69, 9.17) is 22.7 Å². The Labute approximate surface area is 204 Å². The summed E-state index contributed by atoms with van der Waals surface area (Å²) in [4.78, 5) is 0. The Bertz CT molecular complexity index is 667. The van der Waals surface area contributed by atoms with Gasteiger partial charge in [0.15, 0.2) is 12.6 Å². The van der Waals surface area contributed by atoms with E-state index >= 15 is 0 Å². The molecule has 2 aliphatic rings. The molecule has 0 saturated carbocycles. The first-order chi connectivity index (χ1) is 14.8. The van der Waals surface area contributed by atoms with Crippen LogP contribution in [0.1, 0.15) is 40.2 Å². The summed E-state index contributed by atoms with van der Waals surface area (Å²) in [5, 5.41) is 10.9. The summed E-state index contributed by atoms with van der Waals surface area (Å²) < 4.78 is 30.5. The van der Waals surface area contributed by atoms with Gasteiger partial charge in [0.1, 0.15) is 6.10 Å². The fourth-order valence-corrected chi connectivity index (χ4v) is 5.87. The minimum absolute atomic E-state index is 0.0314. The van der Waals surface area contributed by atoms with Crippen LogP contribution in [0.2, 0.25) is 0 Å². The van der Waals surface area contributed by atoms with Crippen LogP contribution in [-0.4, -0.2) is 61.0 Å². The van der Waals surface area contributed by atoms with Crippen molar-refractivity contribution in [3.8, 4) is 0 Å². The normalized spacial score (nSPS) is 41.1. The van der Waals surface area contributed by atoms with Gasteiger partial charge >= 0.3 is 12.3 Å². The van der Waals surface area contributed by atoms with E-state index < -0.39 is 37.1 Å². The van der Waals surface area contributed by atoms with Crippen LogP contribution in [-0.2, 0) is 29.3 Å². The molecule has 1 N–H and O–H groups in total. The molecule has 6 nitrogen and oxygen atoms in total. The van der Waals surface area contributed by atoms with E-state index in [0.717, 1.165) is 5.56 Å². The van der Waals surface area contributed by atoms with E-state index in [9.17, 15) is 5.11 Å². The Morgan fingerprint density at radius 1 is 0.935 bits per heavy atom. The van der Waals surface area contributed by atoms with Crippen molar-refractivity contribution in [2.75, 3.05) is 6.61 Å². The number of halogens is 1. The molecule has 2 heterocycles. The predicted octanol–water partition coefficient (Wildman–Crippen LogP) is 3.68. The van der Waals surface area contributed by atoms with Gasteiger partial charge in [-0.05, 0) is 24.3 Å². The van der Waals surface area contributed by atoms with E-state index in [1.165, 1.54) is 0 Å². The van der Waals surface area contributed by atoms with E-state index in [-0.39, 0.29) is 24.0 Å². The zero-order valence-corrected chi connectivity index (χ0v) is 22.7. The molecule has 31 heavy (non-hydrogen) atoms. The van der Waals surface area contributed by atoms with Crippen LogP contribution in [0.25, 0.3) is 0 Å². The highest BCUT2D eigenvalue weighted by molar-refractivity contribution is 14.1. The second-order valence-electron chi connectivity index (χ2n) is 9.06. The van der Waals surface area contributed by atoms with Gasteiger partial charge in [0, 0.05) is 11.8 Å². The Kier molecular flexibility index (Phi) is 10.1. The highest BCUT2D eigenvalue weighted by Gasteiger charge is 2.47. The molecule has 0 bridgehead atoms. The van der Waals surface area contributed by atoms with Gasteiger partial charge in [0.25, 0.3) is 0 Å². The summed E-state index contributed by atoms with van der Waals surface area (Å²) in [6.07, 6.45) is -2.37. The predicted molar refractivity (Wildman–Crippen MR) is 129 cm³/mol. The molecule has 1 aromatic rings. The highest BCUT2D eigenvalue weighted by atomic mass is 127. The maximum Gasteiger partial charge on any atom is 0.527 e. The van der Waals surface area contributed by atoms with Gasteiger partial charge in [-0.1, -0.05) is 58.0 Å². The lowest BCUT2D eigenvalue weighted by Crippen LogP contribution is -2.58. The number of aliphatic hydroxyl groups is 1. The molecule has 2 aliphatic heterocycles. The summed E-state index contributed by atoms with van der Waals surface area (Å²) in [6.45, 7) is 11.8. The summed E-state index contributed by atoms with van der Waals surface area (Å²) in [5.41, 5.74) is 1.15. The van der Waals surface area contributed by atoms with Crippen molar-refractivity contribution in [2.45, 2.75) is 78.2 Å². The van der Waals surface area contributed by atoms with Gasteiger partial charge in [-0.15, -0.1) is 0 Å². The molecule has 0 aromatic heterocycles. The van der Waals surface area contributed by atoms with Crippen LogP contribution < -0.4 is 0 Å². The zero-order chi connectivity index (χ0) is 22.5. The summed E-state index contributed by atoms with van der Waals surface area (Å²) in [5.74, 6) is 0.991. The van der Waals surface area contributed by atoms with E-state index in [1.807, 2.05) is 25.1 Å². The lowest BCUT2D eigenvalue weighted by molar-refractivity contribution is -0.324. The number of hydrogen-bond acceptors (Lipinski definition) is 6. The third-order valence-electron chi connectivity index (χ3n) is 7.12. The average molecular weight is 562 g/mol. The summed E-state index contributed by atoms with van der Waals surface area (Å²) in [7, 11) is 0. The average Bonchev–Trinajstić information content (AvgIpc) is 2.77. The van der Waals surface area contributed by atoms with Crippen LogP contribution in [0, 0.1) is 23.7 Å². The first-order valence-corrected chi connectivity index (χ1v) is 17.0. The van der Waals surface area contributed by atoms with Crippen molar-refractivity contribution in [3.63, 3.8) is 0 Å². The molecule has 8 heteroatoms. The summed E-state index contributed by atoms with van der Waals surface area (Å²) >= 11 is 1.51. The standard InChI is InChI=1S/C23H35O6.Al.HI.H/c1-13-14(2)19(12-26-11-18-9-7-6-8-10-18)28-23(15(13)3)29-21-16(4)17(5)27-22(25)20(21)24;;;/h6-10,13-17,19-24H,11-12H2,1-5H3;;1H;/q-1;+2;;/p-1/t13?,14-,15?,16-,17?,19-,20?,21-,22+,23+;;;/m0.../s1. The molecule has 0 radical (unpaired) electrons. The zero-order valence-electron chi connectivity index (χ0n) is 19.1. The van der Waals surface area contributed by atoms with Crippen molar-refractivity contribution >= 4 is 32.5 Å². The van der Waals surface area contributed by atoms with E-state index in [2.05, 4.69) is 60.1 Å². The minimum Gasteiger partial charge on any atom is -0.470 e. The molecule has 4 unspecified atom stereocenters. The van der Waals surface area contributed by atoms with Crippen molar-refractivity contribution in [1.82, 2.24) is 0 Å². The second-order valence-corrected chi connectivity index (χ2v) is 11.5. The van der Waals surface area contributed by atoms with E-state index in [1.54, 1.807) is 0 Å². The maximum absolute atomic E-state index is 10.9. The van der Waals surface area contributed by atoms with Crippen molar-refractivity contribution < 1.29 is 27.8 Å². The Morgan fingerprint density at radius 3 is 2.32 bits per heavy atom. The smallest absolute Gasteiger partial charge is 0.470 e. The fraction of sp³-hybridized carbons (Fsp3) is 0.739. The molecule has 174 valence electrons. The molecule has 2 saturated heterocycles. The second kappa shape index (κ2) is 12.1. The van der Waals surface area contributed by atoms with Crippen LogP contribution in [0.3, 0.4) is 0 Å². The van der Waals surface area contributed by atoms with Crippen LogP contribution >= 0.6 is 20.3 Å². The molecular formula is C23H36AlIO6. The third kappa shape index (κ3) is 6.43. The van der Waals surface area contributed by atoms with Crippen molar-refractivity contribution in [3.05, 3.63) is 35.9 Å². The topological polar surface area (TPSA) is 66.4 Å². The van der Waals surface area contributed by atoms with Gasteiger partial charge in [0.2, 0.25) is 0 Å². The highest BCUT2D eigenvalue weighted by Crippen LogP contribution is 2.38. The first kappa shape index (κ1) is 25.9. The minimum atomic E-state index is -0.827. The molecule has 0 aliphatic carbocycles. The number of aliphatic hydroxyl groups excluding tert-OH is 1. The summed E-state index contributed by atoms with van der Waals surface area (Å²) in [6, 6.07) is 10.2. The van der Waals surface area contributed by atoms with Gasteiger partial charge in [-0.25, -0.2) is 0 Å². The molecule has 10 atom stereocenters. The van der Waals surface area contributed by atoms with Crippen LogP contribution in [0.4, 0.5) is 0 Å². The van der Waals surface area contributed by atoms with Crippen molar-refractivity contribution in [2.24, 2.45) is 23.7 Å². The lowest BCUT2D eigenvalue weighted by Gasteiger charge is -2.48. The molecule has 2 fully saturated rings. The van der Waals surface area contributed by atoms with Gasteiger partial charge < -0.3 is 27.8 Å². The SMILES string of the molecule is CC1C(C)[C@H](C)[C@H](COCc2ccccc2)O[C@@H]1O[C@@H]1C(O)[C@H]([O][AlH][I])OC(C)[C@@H]1C. The molecule has 1 aromatic carbocycles. The van der Waals surface area contributed by atoms with Gasteiger partial charge in [-0.2, -0.15) is 20.3 Å². The number of benzene rings is 1. The quantitative estimate of drug-likeness (QED) is 0.386. The van der Waals surface area contributed by atoms with Crippen LogP contribution in [0.15, 0.2) is 30.3 Å².